The zero-order valence-corrected chi connectivity index (χ0v) is 16.3. The van der Waals surface area contributed by atoms with Gasteiger partial charge < -0.3 is 20.1 Å². The van der Waals surface area contributed by atoms with Crippen LogP contribution in [0.3, 0.4) is 0 Å². The number of urea groups is 1. The number of fused-ring (bicyclic) bond motifs is 1. The Labute approximate surface area is 161 Å². The molecule has 1 aliphatic heterocycles. The van der Waals surface area contributed by atoms with Crippen LogP contribution in [0, 0.1) is 6.92 Å². The summed E-state index contributed by atoms with van der Waals surface area (Å²) in [4.78, 5) is 12.2. The molecule has 0 fully saturated rings. The molecular formula is C22H28N2O3. The summed E-state index contributed by atoms with van der Waals surface area (Å²) in [6, 6.07) is 12.1. The normalized spacial score (nSPS) is 15.0. The van der Waals surface area contributed by atoms with Gasteiger partial charge >= 0.3 is 6.03 Å². The summed E-state index contributed by atoms with van der Waals surface area (Å²) in [6.07, 6.45) is 1.89. The third-order valence-electron chi connectivity index (χ3n) is 4.76. The molecular weight excluding hydrogens is 340 g/mol. The van der Waals surface area contributed by atoms with Crippen molar-refractivity contribution < 1.29 is 14.3 Å². The fraction of sp³-hybridized carbons (Fsp3) is 0.409. The second-order valence-electron chi connectivity index (χ2n) is 6.92. The SMILES string of the molecule is CCOc1cc2c(cc1CNC(=O)NCCc1ccccc1C)O[C@H](C)C2. The summed E-state index contributed by atoms with van der Waals surface area (Å²) in [5, 5.41) is 5.83. The molecule has 3 rings (SSSR count). The van der Waals surface area contributed by atoms with E-state index in [9.17, 15) is 4.79 Å². The number of rotatable bonds is 7. The number of hydrogen-bond donors (Lipinski definition) is 2. The molecule has 0 radical (unpaired) electrons. The molecule has 0 aliphatic carbocycles. The molecule has 0 aromatic heterocycles. The zero-order chi connectivity index (χ0) is 19.2. The lowest BCUT2D eigenvalue weighted by atomic mass is 10.1. The van der Waals surface area contributed by atoms with E-state index < -0.39 is 0 Å². The van der Waals surface area contributed by atoms with Crippen molar-refractivity contribution in [3.05, 3.63) is 58.7 Å². The maximum absolute atomic E-state index is 12.2. The molecule has 144 valence electrons. The van der Waals surface area contributed by atoms with Crippen molar-refractivity contribution in [2.45, 2.75) is 46.3 Å². The standard InChI is InChI=1S/C22H28N2O3/c1-4-26-20-12-18-11-16(3)27-21(18)13-19(20)14-24-22(25)23-10-9-17-8-6-5-7-15(17)2/h5-8,12-13,16H,4,9-11,14H2,1-3H3,(H2,23,24,25)/t16-/m1/s1. The topological polar surface area (TPSA) is 59.6 Å². The highest BCUT2D eigenvalue weighted by atomic mass is 16.5. The molecule has 0 bridgehead atoms. The highest BCUT2D eigenvalue weighted by Gasteiger charge is 2.22. The van der Waals surface area contributed by atoms with Crippen LogP contribution in [0.25, 0.3) is 0 Å². The predicted octanol–water partition coefficient (Wildman–Crippen LogP) is 3.76. The van der Waals surface area contributed by atoms with Crippen LogP contribution in [0.5, 0.6) is 11.5 Å². The number of hydrogen-bond acceptors (Lipinski definition) is 3. The maximum Gasteiger partial charge on any atom is 0.315 e. The fourth-order valence-electron chi connectivity index (χ4n) is 3.35. The summed E-state index contributed by atoms with van der Waals surface area (Å²) in [6.45, 7) is 7.69. The van der Waals surface area contributed by atoms with Gasteiger partial charge in [0, 0.05) is 30.6 Å². The van der Waals surface area contributed by atoms with Gasteiger partial charge in [0.2, 0.25) is 0 Å². The molecule has 0 unspecified atom stereocenters. The molecule has 1 aliphatic rings. The van der Waals surface area contributed by atoms with Gasteiger partial charge in [0.25, 0.3) is 0 Å². The van der Waals surface area contributed by atoms with Crippen LogP contribution in [0.2, 0.25) is 0 Å². The van der Waals surface area contributed by atoms with Gasteiger partial charge in [-0.15, -0.1) is 0 Å². The minimum Gasteiger partial charge on any atom is -0.494 e. The second-order valence-corrected chi connectivity index (χ2v) is 6.92. The summed E-state index contributed by atoms with van der Waals surface area (Å²) in [5.74, 6) is 1.71. The molecule has 27 heavy (non-hydrogen) atoms. The summed E-state index contributed by atoms with van der Waals surface area (Å²) >= 11 is 0. The van der Waals surface area contributed by atoms with Crippen molar-refractivity contribution in [3.8, 4) is 11.5 Å². The number of ether oxygens (including phenoxy) is 2. The quantitative estimate of drug-likeness (QED) is 0.782. The molecule has 2 N–H and O–H groups in total. The molecule has 2 amide bonds. The van der Waals surface area contributed by atoms with E-state index in [2.05, 4.69) is 36.6 Å². The summed E-state index contributed by atoms with van der Waals surface area (Å²) in [7, 11) is 0. The Morgan fingerprint density at radius 3 is 2.81 bits per heavy atom. The van der Waals surface area contributed by atoms with Crippen LogP contribution in [-0.4, -0.2) is 25.3 Å². The van der Waals surface area contributed by atoms with E-state index >= 15 is 0 Å². The number of carbonyl (C=O) groups is 1. The van der Waals surface area contributed by atoms with Gasteiger partial charge in [-0.05, 0) is 50.5 Å². The van der Waals surface area contributed by atoms with Crippen molar-refractivity contribution in [3.63, 3.8) is 0 Å². The Kier molecular flexibility index (Phi) is 6.22. The van der Waals surface area contributed by atoms with E-state index in [-0.39, 0.29) is 12.1 Å². The highest BCUT2D eigenvalue weighted by Crippen LogP contribution is 2.35. The van der Waals surface area contributed by atoms with Gasteiger partial charge in [-0.25, -0.2) is 4.79 Å². The maximum atomic E-state index is 12.2. The van der Waals surface area contributed by atoms with E-state index in [1.54, 1.807) is 0 Å². The van der Waals surface area contributed by atoms with E-state index in [0.29, 0.717) is 19.7 Å². The van der Waals surface area contributed by atoms with Gasteiger partial charge in [-0.1, -0.05) is 24.3 Å². The van der Waals surface area contributed by atoms with Crippen LogP contribution in [0.4, 0.5) is 4.79 Å². The van der Waals surface area contributed by atoms with Gasteiger partial charge in [0.15, 0.2) is 0 Å². The summed E-state index contributed by atoms with van der Waals surface area (Å²) in [5.41, 5.74) is 4.59. The van der Waals surface area contributed by atoms with Gasteiger partial charge in [0.1, 0.15) is 17.6 Å². The lowest BCUT2D eigenvalue weighted by molar-refractivity contribution is 0.240. The summed E-state index contributed by atoms with van der Waals surface area (Å²) < 4.78 is 11.6. The second kappa shape index (κ2) is 8.80. The lowest BCUT2D eigenvalue weighted by Crippen LogP contribution is -2.36. The lowest BCUT2D eigenvalue weighted by Gasteiger charge is -2.14. The fourth-order valence-corrected chi connectivity index (χ4v) is 3.35. The first-order valence-electron chi connectivity index (χ1n) is 9.58. The van der Waals surface area contributed by atoms with Crippen LogP contribution in [0.1, 0.15) is 36.1 Å². The monoisotopic (exact) mass is 368 g/mol. The zero-order valence-electron chi connectivity index (χ0n) is 16.3. The highest BCUT2D eigenvalue weighted by molar-refractivity contribution is 5.74. The Morgan fingerprint density at radius 1 is 1.22 bits per heavy atom. The van der Waals surface area contributed by atoms with Crippen LogP contribution in [0.15, 0.2) is 36.4 Å². The van der Waals surface area contributed by atoms with E-state index in [1.807, 2.05) is 31.2 Å². The first kappa shape index (κ1) is 19.1. The third kappa shape index (κ3) is 4.94. The van der Waals surface area contributed by atoms with Crippen molar-refractivity contribution in [2.24, 2.45) is 0 Å². The number of benzene rings is 2. The molecule has 1 heterocycles. The van der Waals surface area contributed by atoms with Crippen LogP contribution in [-0.2, 0) is 19.4 Å². The van der Waals surface area contributed by atoms with Crippen LogP contribution < -0.4 is 20.1 Å². The Morgan fingerprint density at radius 2 is 2.04 bits per heavy atom. The number of amides is 2. The smallest absolute Gasteiger partial charge is 0.315 e. The average molecular weight is 368 g/mol. The molecule has 2 aromatic rings. The minimum absolute atomic E-state index is 0.180. The number of aryl methyl sites for hydroxylation is 1. The predicted molar refractivity (Wildman–Crippen MR) is 107 cm³/mol. The average Bonchev–Trinajstić information content (AvgIpc) is 3.00. The molecule has 5 nitrogen and oxygen atoms in total. The van der Waals surface area contributed by atoms with Gasteiger partial charge in [-0.3, -0.25) is 0 Å². The van der Waals surface area contributed by atoms with E-state index in [1.165, 1.54) is 11.1 Å². The Hall–Kier alpha value is -2.69. The Bertz CT molecular complexity index is 804. The molecule has 1 atom stereocenters. The van der Waals surface area contributed by atoms with E-state index in [0.717, 1.165) is 35.5 Å². The minimum atomic E-state index is -0.180. The van der Waals surface area contributed by atoms with Crippen molar-refractivity contribution >= 4 is 6.03 Å². The van der Waals surface area contributed by atoms with Crippen molar-refractivity contribution in [1.29, 1.82) is 0 Å². The number of carbonyl (C=O) groups excluding carboxylic acids is 1. The van der Waals surface area contributed by atoms with Crippen molar-refractivity contribution in [2.75, 3.05) is 13.2 Å². The first-order chi connectivity index (χ1) is 13.1. The Balaban J connectivity index is 1.54. The molecule has 2 aromatic carbocycles. The number of nitrogens with one attached hydrogen (secondary N) is 2. The van der Waals surface area contributed by atoms with Crippen LogP contribution >= 0.6 is 0 Å². The first-order valence-corrected chi connectivity index (χ1v) is 9.58. The third-order valence-corrected chi connectivity index (χ3v) is 4.76. The molecule has 5 heteroatoms. The molecule has 0 spiro atoms. The van der Waals surface area contributed by atoms with Gasteiger partial charge in [0.05, 0.1) is 6.61 Å². The van der Waals surface area contributed by atoms with E-state index in [4.69, 9.17) is 9.47 Å². The molecule has 0 saturated heterocycles. The molecule has 0 saturated carbocycles. The van der Waals surface area contributed by atoms with Crippen molar-refractivity contribution in [1.82, 2.24) is 10.6 Å². The van der Waals surface area contributed by atoms with Gasteiger partial charge in [-0.2, -0.15) is 0 Å². The largest absolute Gasteiger partial charge is 0.494 e.